The molecule has 0 spiro atoms. The van der Waals surface area contributed by atoms with Gasteiger partial charge in [0.2, 0.25) is 0 Å². The zero-order valence-corrected chi connectivity index (χ0v) is 10.4. The third-order valence-corrected chi connectivity index (χ3v) is 5.21. The molecular weight excluding hydrogens is 214 g/mol. The van der Waals surface area contributed by atoms with Gasteiger partial charge in [-0.05, 0) is 37.4 Å². The van der Waals surface area contributed by atoms with Crippen molar-refractivity contribution in [3.8, 4) is 0 Å². The Morgan fingerprint density at radius 1 is 1.31 bits per heavy atom. The van der Waals surface area contributed by atoms with Gasteiger partial charge in [0.1, 0.15) is 0 Å². The van der Waals surface area contributed by atoms with E-state index in [1.807, 2.05) is 11.8 Å². The molecule has 2 atom stereocenters. The van der Waals surface area contributed by atoms with E-state index in [-0.39, 0.29) is 5.54 Å². The zero-order chi connectivity index (χ0) is 11.0. The Kier molecular flexibility index (Phi) is 2.56. The van der Waals surface area contributed by atoms with Gasteiger partial charge in [-0.2, -0.15) is 0 Å². The van der Waals surface area contributed by atoms with Crippen LogP contribution in [0, 0.1) is 5.92 Å². The number of hydrogen-bond acceptors (Lipinski definition) is 2. The Labute approximate surface area is 101 Å². The van der Waals surface area contributed by atoms with E-state index in [0.29, 0.717) is 0 Å². The van der Waals surface area contributed by atoms with Gasteiger partial charge in [-0.1, -0.05) is 30.4 Å². The molecule has 0 bridgehead atoms. The zero-order valence-electron chi connectivity index (χ0n) is 9.57. The summed E-state index contributed by atoms with van der Waals surface area (Å²) in [6.07, 6.45) is 7.02. The minimum absolute atomic E-state index is 0.191. The Bertz CT molecular complexity index is 426. The number of hydrogen-bond donors (Lipinski definition) is 1. The standard InChI is InChI=1S/C14H17NS/c1-15-14-9-5-4-6-11(14)10-16-13-8-3-2-7-12(13)14/h2-5,7-8,11,15H,6,9-10H2,1H3/t11-,14+/m1/s1. The summed E-state index contributed by atoms with van der Waals surface area (Å²) in [6, 6.07) is 8.87. The van der Waals surface area contributed by atoms with Gasteiger partial charge >= 0.3 is 0 Å². The molecule has 1 aromatic rings. The van der Waals surface area contributed by atoms with Crippen molar-refractivity contribution in [3.63, 3.8) is 0 Å². The third kappa shape index (κ3) is 1.36. The molecule has 84 valence electrons. The average molecular weight is 231 g/mol. The molecule has 0 saturated heterocycles. The topological polar surface area (TPSA) is 12.0 Å². The smallest absolute Gasteiger partial charge is 0.0517 e. The van der Waals surface area contributed by atoms with Gasteiger partial charge in [0, 0.05) is 10.6 Å². The maximum absolute atomic E-state index is 3.61. The van der Waals surface area contributed by atoms with Gasteiger partial charge in [-0.25, -0.2) is 0 Å². The number of nitrogens with one attached hydrogen (secondary N) is 1. The first-order chi connectivity index (χ1) is 7.87. The molecule has 1 aliphatic carbocycles. The number of fused-ring (bicyclic) bond motifs is 3. The maximum Gasteiger partial charge on any atom is 0.0517 e. The van der Waals surface area contributed by atoms with Crippen LogP contribution in [0.2, 0.25) is 0 Å². The minimum Gasteiger partial charge on any atom is -0.310 e. The van der Waals surface area contributed by atoms with Gasteiger partial charge in [0.05, 0.1) is 5.54 Å². The van der Waals surface area contributed by atoms with Crippen LogP contribution in [0.4, 0.5) is 0 Å². The highest BCUT2D eigenvalue weighted by molar-refractivity contribution is 7.99. The van der Waals surface area contributed by atoms with Gasteiger partial charge in [0.15, 0.2) is 0 Å². The number of benzene rings is 1. The molecule has 2 aliphatic rings. The van der Waals surface area contributed by atoms with Crippen LogP contribution in [0.1, 0.15) is 18.4 Å². The molecule has 16 heavy (non-hydrogen) atoms. The van der Waals surface area contributed by atoms with Crippen molar-refractivity contribution < 1.29 is 0 Å². The molecule has 1 N–H and O–H groups in total. The van der Waals surface area contributed by atoms with E-state index in [1.54, 1.807) is 0 Å². The average Bonchev–Trinajstić information content (AvgIpc) is 2.38. The fourth-order valence-electron chi connectivity index (χ4n) is 3.03. The summed E-state index contributed by atoms with van der Waals surface area (Å²) in [7, 11) is 2.11. The molecule has 2 heteroatoms. The highest BCUT2D eigenvalue weighted by Gasteiger charge is 2.43. The summed E-state index contributed by atoms with van der Waals surface area (Å²) in [6.45, 7) is 0. The lowest BCUT2D eigenvalue weighted by atomic mass is 9.72. The van der Waals surface area contributed by atoms with Crippen LogP contribution in [0.5, 0.6) is 0 Å². The molecule has 0 radical (unpaired) electrons. The van der Waals surface area contributed by atoms with E-state index < -0.39 is 0 Å². The second-order valence-electron chi connectivity index (χ2n) is 4.64. The summed E-state index contributed by atoms with van der Waals surface area (Å²) >= 11 is 2.01. The number of thioether (sulfide) groups is 1. The largest absolute Gasteiger partial charge is 0.310 e. The molecule has 1 aliphatic heterocycles. The lowest BCUT2D eigenvalue weighted by molar-refractivity contribution is 0.228. The van der Waals surface area contributed by atoms with Crippen molar-refractivity contribution in [3.05, 3.63) is 42.0 Å². The first kappa shape index (κ1) is 10.4. The highest BCUT2D eigenvalue weighted by atomic mass is 32.2. The minimum atomic E-state index is 0.191. The summed E-state index contributed by atoms with van der Waals surface area (Å²) in [5, 5.41) is 3.61. The summed E-state index contributed by atoms with van der Waals surface area (Å²) < 4.78 is 0. The van der Waals surface area contributed by atoms with Gasteiger partial charge in [0.25, 0.3) is 0 Å². The first-order valence-electron chi connectivity index (χ1n) is 5.93. The molecule has 0 fully saturated rings. The maximum atomic E-state index is 3.61. The van der Waals surface area contributed by atoms with Crippen LogP contribution in [-0.4, -0.2) is 12.8 Å². The fourth-order valence-corrected chi connectivity index (χ4v) is 4.41. The van der Waals surface area contributed by atoms with Crippen LogP contribution in [0.15, 0.2) is 41.3 Å². The van der Waals surface area contributed by atoms with Crippen LogP contribution >= 0.6 is 11.8 Å². The van der Waals surface area contributed by atoms with Crippen molar-refractivity contribution in [1.29, 1.82) is 0 Å². The quantitative estimate of drug-likeness (QED) is 0.745. The Hall–Kier alpha value is -0.730. The third-order valence-electron chi connectivity index (χ3n) is 3.98. The predicted octanol–water partition coefficient (Wildman–Crippen LogP) is 3.17. The van der Waals surface area contributed by atoms with Gasteiger partial charge in [-0.3, -0.25) is 0 Å². The van der Waals surface area contributed by atoms with Crippen molar-refractivity contribution in [2.45, 2.75) is 23.3 Å². The van der Waals surface area contributed by atoms with Gasteiger partial charge < -0.3 is 5.32 Å². The summed E-state index contributed by atoms with van der Waals surface area (Å²) in [5.74, 6) is 1.98. The molecule has 3 rings (SSSR count). The Morgan fingerprint density at radius 2 is 2.19 bits per heavy atom. The fraction of sp³-hybridized carbons (Fsp3) is 0.429. The number of allylic oxidation sites excluding steroid dienone is 1. The van der Waals surface area contributed by atoms with E-state index in [1.165, 1.54) is 22.6 Å². The molecule has 0 saturated carbocycles. The molecular formula is C14H17NS. The lowest BCUT2D eigenvalue weighted by Gasteiger charge is -2.46. The van der Waals surface area contributed by atoms with E-state index in [4.69, 9.17) is 0 Å². The van der Waals surface area contributed by atoms with Crippen molar-refractivity contribution in [2.75, 3.05) is 12.8 Å². The summed E-state index contributed by atoms with van der Waals surface area (Å²) in [4.78, 5) is 1.46. The molecule has 0 aromatic heterocycles. The van der Waals surface area contributed by atoms with Crippen molar-refractivity contribution in [2.24, 2.45) is 5.92 Å². The second-order valence-corrected chi connectivity index (χ2v) is 5.70. The Balaban J connectivity index is 2.15. The van der Waals surface area contributed by atoms with Crippen LogP contribution in [0.25, 0.3) is 0 Å². The summed E-state index contributed by atoms with van der Waals surface area (Å²) in [5.41, 5.74) is 1.69. The van der Waals surface area contributed by atoms with Crippen LogP contribution < -0.4 is 5.32 Å². The van der Waals surface area contributed by atoms with E-state index in [9.17, 15) is 0 Å². The van der Waals surface area contributed by atoms with E-state index in [0.717, 1.165) is 12.3 Å². The highest BCUT2D eigenvalue weighted by Crippen LogP contribution is 2.48. The van der Waals surface area contributed by atoms with E-state index in [2.05, 4.69) is 48.8 Å². The normalized spacial score (nSPS) is 31.9. The first-order valence-corrected chi connectivity index (χ1v) is 6.91. The van der Waals surface area contributed by atoms with Crippen molar-refractivity contribution in [1.82, 2.24) is 5.32 Å². The lowest BCUT2D eigenvalue weighted by Crippen LogP contribution is -2.50. The molecule has 0 unspecified atom stereocenters. The molecule has 0 amide bonds. The van der Waals surface area contributed by atoms with E-state index >= 15 is 0 Å². The predicted molar refractivity (Wildman–Crippen MR) is 69.8 cm³/mol. The monoisotopic (exact) mass is 231 g/mol. The molecule has 1 heterocycles. The Morgan fingerprint density at radius 3 is 3.06 bits per heavy atom. The molecule has 1 nitrogen and oxygen atoms in total. The van der Waals surface area contributed by atoms with Gasteiger partial charge in [-0.15, -0.1) is 11.8 Å². The SMILES string of the molecule is CN[C@@]12CC=CC[C@@H]1CSc1ccccc12. The molecule has 1 aromatic carbocycles. The number of rotatable bonds is 1. The van der Waals surface area contributed by atoms with Crippen LogP contribution in [0.3, 0.4) is 0 Å². The van der Waals surface area contributed by atoms with Crippen molar-refractivity contribution >= 4 is 11.8 Å². The second kappa shape index (κ2) is 3.94. The van der Waals surface area contributed by atoms with Crippen LogP contribution in [-0.2, 0) is 5.54 Å².